The van der Waals surface area contributed by atoms with Crippen LogP contribution in [0.25, 0.3) is 0 Å². The van der Waals surface area contributed by atoms with Gasteiger partial charge in [-0.05, 0) is 6.42 Å². The molecule has 0 amide bonds. The minimum atomic E-state index is -3.78. The summed E-state index contributed by atoms with van der Waals surface area (Å²) in [6, 6.07) is 1.55. The van der Waals surface area contributed by atoms with E-state index < -0.39 is 26.8 Å². The average molecular weight is 191 g/mol. The third-order valence-corrected chi connectivity index (χ3v) is 3.23. The summed E-state index contributed by atoms with van der Waals surface area (Å²) in [5, 5.41) is 15.4. The van der Waals surface area contributed by atoms with E-state index in [1.807, 2.05) is 0 Å². The van der Waals surface area contributed by atoms with Gasteiger partial charge < -0.3 is 5.11 Å². The molecule has 0 aliphatic rings. The van der Waals surface area contributed by atoms with Gasteiger partial charge in [0.05, 0.1) is 6.07 Å². The molecule has 6 heteroatoms. The Balaban J connectivity index is 4.63. The summed E-state index contributed by atoms with van der Waals surface area (Å²) < 4.78 is 22.0. The van der Waals surface area contributed by atoms with Crippen LogP contribution in [0.15, 0.2) is 0 Å². The molecule has 0 aromatic heterocycles. The van der Waals surface area contributed by atoms with Crippen molar-refractivity contribution in [3.63, 3.8) is 0 Å². The number of carboxylic acid groups (broad SMARTS) is 1. The van der Waals surface area contributed by atoms with E-state index in [1.165, 1.54) is 6.92 Å². The van der Waals surface area contributed by atoms with Gasteiger partial charge in [0.25, 0.3) is 0 Å². The zero-order valence-electron chi connectivity index (χ0n) is 6.52. The predicted octanol–water partition coefficient (Wildman–Crippen LogP) is -0.212. The molecule has 0 bridgehead atoms. The molecule has 0 aromatic carbocycles. The average Bonchev–Trinajstić information content (AvgIpc) is 1.85. The standard InChI is InChI=1S/C6H9NO4S/c1-2-5(3-7)12(10,11)4-6(8)9/h5H,2,4H2,1H3,(H,8,9). The first kappa shape index (κ1) is 10.9. The van der Waals surface area contributed by atoms with Crippen molar-refractivity contribution < 1.29 is 18.3 Å². The van der Waals surface area contributed by atoms with Crippen LogP contribution in [0.4, 0.5) is 0 Å². The van der Waals surface area contributed by atoms with Crippen LogP contribution in [-0.2, 0) is 14.6 Å². The highest BCUT2D eigenvalue weighted by Crippen LogP contribution is 2.05. The highest BCUT2D eigenvalue weighted by molar-refractivity contribution is 7.92. The largest absolute Gasteiger partial charge is 0.480 e. The van der Waals surface area contributed by atoms with Crippen molar-refractivity contribution >= 4 is 15.8 Å². The maximum Gasteiger partial charge on any atom is 0.318 e. The van der Waals surface area contributed by atoms with Crippen LogP contribution >= 0.6 is 0 Å². The highest BCUT2D eigenvalue weighted by atomic mass is 32.2. The van der Waals surface area contributed by atoms with Gasteiger partial charge in [-0.25, -0.2) is 8.42 Å². The maximum atomic E-state index is 11.0. The fraction of sp³-hybridized carbons (Fsp3) is 0.667. The zero-order chi connectivity index (χ0) is 9.78. The molecular formula is C6H9NO4S. The van der Waals surface area contributed by atoms with Crippen molar-refractivity contribution in [3.05, 3.63) is 0 Å². The SMILES string of the molecule is CCC(C#N)S(=O)(=O)CC(=O)O. The highest BCUT2D eigenvalue weighted by Gasteiger charge is 2.25. The lowest BCUT2D eigenvalue weighted by molar-refractivity contribution is -0.134. The fourth-order valence-electron chi connectivity index (χ4n) is 0.698. The summed E-state index contributed by atoms with van der Waals surface area (Å²) in [5.74, 6) is -2.40. The van der Waals surface area contributed by atoms with Crippen LogP contribution in [0.1, 0.15) is 13.3 Å². The molecule has 0 radical (unpaired) electrons. The second-order valence-corrected chi connectivity index (χ2v) is 4.41. The molecule has 1 atom stereocenters. The molecule has 68 valence electrons. The summed E-state index contributed by atoms with van der Waals surface area (Å²) in [4.78, 5) is 10.1. The molecule has 5 nitrogen and oxygen atoms in total. The first-order chi connectivity index (χ1) is 5.44. The lowest BCUT2D eigenvalue weighted by Crippen LogP contribution is -2.26. The number of hydrogen-bond acceptors (Lipinski definition) is 4. The van der Waals surface area contributed by atoms with Gasteiger partial charge in [-0.3, -0.25) is 4.79 Å². The van der Waals surface area contributed by atoms with Crippen LogP contribution in [-0.4, -0.2) is 30.5 Å². The third-order valence-electron chi connectivity index (χ3n) is 1.27. The number of aliphatic carboxylic acids is 1. The van der Waals surface area contributed by atoms with Crippen molar-refractivity contribution in [2.75, 3.05) is 5.75 Å². The Bertz CT molecular complexity index is 300. The van der Waals surface area contributed by atoms with E-state index in [0.29, 0.717) is 0 Å². The lowest BCUT2D eigenvalue weighted by Gasteiger charge is -2.04. The number of nitriles is 1. The van der Waals surface area contributed by atoms with Crippen LogP contribution in [0.3, 0.4) is 0 Å². The van der Waals surface area contributed by atoms with Gasteiger partial charge in [-0.1, -0.05) is 6.92 Å². The summed E-state index contributed by atoms with van der Waals surface area (Å²) >= 11 is 0. The second kappa shape index (κ2) is 4.07. The van der Waals surface area contributed by atoms with Gasteiger partial charge in [0, 0.05) is 0 Å². The summed E-state index contributed by atoms with van der Waals surface area (Å²) in [7, 11) is -3.78. The van der Waals surface area contributed by atoms with E-state index in [2.05, 4.69) is 0 Å². The van der Waals surface area contributed by atoms with Crippen molar-refractivity contribution in [2.24, 2.45) is 0 Å². The van der Waals surface area contributed by atoms with Crippen LogP contribution in [0, 0.1) is 11.3 Å². The topological polar surface area (TPSA) is 95.2 Å². The molecule has 12 heavy (non-hydrogen) atoms. The van der Waals surface area contributed by atoms with E-state index in [0.717, 1.165) is 0 Å². The lowest BCUT2D eigenvalue weighted by atomic mass is 10.4. The maximum absolute atomic E-state index is 11.0. The number of sulfone groups is 1. The van der Waals surface area contributed by atoms with E-state index >= 15 is 0 Å². The minimum Gasteiger partial charge on any atom is -0.480 e. The van der Waals surface area contributed by atoms with Gasteiger partial charge in [-0.15, -0.1) is 0 Å². The van der Waals surface area contributed by atoms with E-state index in [4.69, 9.17) is 10.4 Å². The Morgan fingerprint density at radius 2 is 2.17 bits per heavy atom. The molecule has 0 heterocycles. The molecule has 0 aromatic rings. The first-order valence-corrected chi connectivity index (χ1v) is 4.98. The molecule has 1 unspecified atom stereocenters. The predicted molar refractivity (Wildman–Crippen MR) is 41.1 cm³/mol. The Morgan fingerprint density at radius 1 is 1.67 bits per heavy atom. The monoisotopic (exact) mass is 191 g/mol. The normalized spacial score (nSPS) is 13.3. The van der Waals surface area contributed by atoms with Crippen molar-refractivity contribution in [1.82, 2.24) is 0 Å². The van der Waals surface area contributed by atoms with E-state index in [9.17, 15) is 13.2 Å². The van der Waals surface area contributed by atoms with Crippen LogP contribution in [0.2, 0.25) is 0 Å². The van der Waals surface area contributed by atoms with E-state index in [-0.39, 0.29) is 6.42 Å². The molecule has 0 saturated heterocycles. The third kappa shape index (κ3) is 2.88. The molecule has 0 rings (SSSR count). The second-order valence-electron chi connectivity index (χ2n) is 2.23. The van der Waals surface area contributed by atoms with Gasteiger partial charge in [0.2, 0.25) is 0 Å². The van der Waals surface area contributed by atoms with Gasteiger partial charge in [-0.2, -0.15) is 5.26 Å². The molecule has 0 aliphatic carbocycles. The Labute approximate surface area is 70.5 Å². The van der Waals surface area contributed by atoms with Crippen molar-refractivity contribution in [1.29, 1.82) is 5.26 Å². The summed E-state index contributed by atoms with van der Waals surface area (Å²) in [6.07, 6.45) is 0.117. The number of rotatable bonds is 4. The summed E-state index contributed by atoms with van der Waals surface area (Å²) in [5.41, 5.74) is 0. The smallest absolute Gasteiger partial charge is 0.318 e. The molecule has 1 N–H and O–H groups in total. The zero-order valence-corrected chi connectivity index (χ0v) is 7.34. The van der Waals surface area contributed by atoms with Gasteiger partial charge >= 0.3 is 5.97 Å². The van der Waals surface area contributed by atoms with Crippen LogP contribution in [0.5, 0.6) is 0 Å². The minimum absolute atomic E-state index is 0.117. The van der Waals surface area contributed by atoms with Crippen molar-refractivity contribution in [2.45, 2.75) is 18.6 Å². The molecular weight excluding hydrogens is 182 g/mol. The number of carbonyl (C=O) groups is 1. The Morgan fingerprint density at radius 3 is 2.42 bits per heavy atom. The van der Waals surface area contributed by atoms with Crippen LogP contribution < -0.4 is 0 Å². The Kier molecular flexibility index (Phi) is 3.70. The molecule has 0 aliphatic heterocycles. The van der Waals surface area contributed by atoms with Crippen molar-refractivity contribution in [3.8, 4) is 6.07 Å². The fourth-order valence-corrected chi connectivity index (χ4v) is 1.91. The summed E-state index contributed by atoms with van der Waals surface area (Å²) in [6.45, 7) is 1.52. The van der Waals surface area contributed by atoms with E-state index in [1.54, 1.807) is 6.07 Å². The number of nitrogens with zero attached hydrogens (tertiary/aromatic N) is 1. The molecule has 0 saturated carbocycles. The number of hydrogen-bond donors (Lipinski definition) is 1. The molecule has 0 spiro atoms. The van der Waals surface area contributed by atoms with Gasteiger partial charge in [0.15, 0.2) is 9.84 Å². The quantitative estimate of drug-likeness (QED) is 0.663. The van der Waals surface area contributed by atoms with Gasteiger partial charge in [0.1, 0.15) is 11.0 Å². The first-order valence-electron chi connectivity index (χ1n) is 3.27. The molecule has 0 fully saturated rings. The Hall–Kier alpha value is -1.09. The number of carboxylic acids is 1.